The van der Waals surface area contributed by atoms with Gasteiger partial charge in [-0.15, -0.1) is 0 Å². The lowest BCUT2D eigenvalue weighted by atomic mass is 10.3. The van der Waals surface area contributed by atoms with Crippen molar-refractivity contribution >= 4 is 5.69 Å². The maximum atomic E-state index is 13.0. The fourth-order valence-corrected chi connectivity index (χ4v) is 0.980. The molecule has 0 aliphatic heterocycles. The second kappa shape index (κ2) is 3.95. The van der Waals surface area contributed by atoms with Gasteiger partial charge in [-0.05, 0) is 19.1 Å². The van der Waals surface area contributed by atoms with Crippen LogP contribution >= 0.6 is 0 Å². The Morgan fingerprint density at radius 1 is 1.50 bits per heavy atom. The highest BCUT2D eigenvalue weighted by molar-refractivity contribution is 5.47. The Morgan fingerprint density at radius 2 is 2.25 bits per heavy atom. The molecule has 0 bridgehead atoms. The van der Waals surface area contributed by atoms with Gasteiger partial charge in [-0.3, -0.25) is 0 Å². The number of methoxy groups -OCH3 is 1. The van der Waals surface area contributed by atoms with Crippen molar-refractivity contribution in [3.8, 4) is 5.75 Å². The number of ether oxygens (including phenoxy) is 1. The first kappa shape index (κ1) is 8.84. The van der Waals surface area contributed by atoms with E-state index < -0.39 is 0 Å². The van der Waals surface area contributed by atoms with Gasteiger partial charge < -0.3 is 10.1 Å². The number of hydrogen-bond acceptors (Lipinski definition) is 2. The molecule has 0 aliphatic rings. The van der Waals surface area contributed by atoms with Crippen LogP contribution in [0.3, 0.4) is 0 Å². The van der Waals surface area contributed by atoms with Crippen molar-refractivity contribution in [3.05, 3.63) is 24.0 Å². The van der Waals surface area contributed by atoms with Crippen LogP contribution in [0.5, 0.6) is 5.75 Å². The minimum atomic E-state index is -0.337. The summed E-state index contributed by atoms with van der Waals surface area (Å²) in [5, 5.41) is 3.00. The van der Waals surface area contributed by atoms with E-state index in [0.29, 0.717) is 0 Å². The molecule has 0 unspecified atom stereocenters. The third-order valence-corrected chi connectivity index (χ3v) is 1.53. The smallest absolute Gasteiger partial charge is 0.167 e. The van der Waals surface area contributed by atoms with E-state index in [1.807, 2.05) is 6.92 Å². The van der Waals surface area contributed by atoms with Gasteiger partial charge in [0.2, 0.25) is 0 Å². The largest absolute Gasteiger partial charge is 0.494 e. The summed E-state index contributed by atoms with van der Waals surface area (Å²) in [6.45, 7) is 2.74. The molecule has 2 nitrogen and oxygen atoms in total. The molecule has 66 valence electrons. The lowest BCUT2D eigenvalue weighted by molar-refractivity contribution is 0.386. The SMILES string of the molecule is CCNc1ccc(OC)c(F)c1. The Labute approximate surface area is 71.4 Å². The molecule has 0 aromatic heterocycles. The first-order valence-corrected chi connectivity index (χ1v) is 3.85. The molecule has 1 aromatic rings. The number of anilines is 1. The second-order valence-electron chi connectivity index (χ2n) is 2.38. The summed E-state index contributed by atoms with van der Waals surface area (Å²) in [7, 11) is 1.45. The summed E-state index contributed by atoms with van der Waals surface area (Å²) < 4.78 is 17.8. The standard InChI is InChI=1S/C9H12FNO/c1-3-11-7-4-5-9(12-2)8(10)6-7/h4-6,11H,3H2,1-2H3. The predicted octanol–water partition coefficient (Wildman–Crippen LogP) is 2.27. The minimum absolute atomic E-state index is 0.275. The number of benzene rings is 1. The van der Waals surface area contributed by atoms with Gasteiger partial charge in [0.25, 0.3) is 0 Å². The molecular weight excluding hydrogens is 157 g/mol. The van der Waals surface area contributed by atoms with Crippen LogP contribution in [0.15, 0.2) is 18.2 Å². The topological polar surface area (TPSA) is 21.3 Å². The molecule has 0 aliphatic carbocycles. The fourth-order valence-electron chi connectivity index (χ4n) is 0.980. The van der Waals surface area contributed by atoms with Crippen molar-refractivity contribution in [2.75, 3.05) is 19.0 Å². The third-order valence-electron chi connectivity index (χ3n) is 1.53. The molecule has 0 radical (unpaired) electrons. The van der Waals surface area contributed by atoms with Crippen molar-refractivity contribution < 1.29 is 9.13 Å². The van der Waals surface area contributed by atoms with Gasteiger partial charge >= 0.3 is 0 Å². The second-order valence-corrected chi connectivity index (χ2v) is 2.38. The lowest BCUT2D eigenvalue weighted by Crippen LogP contribution is -1.97. The van der Waals surface area contributed by atoms with Crippen LogP contribution in [0.1, 0.15) is 6.92 Å². The molecule has 0 amide bonds. The number of halogens is 1. The Bertz CT molecular complexity index is 263. The molecule has 3 heteroatoms. The van der Waals surface area contributed by atoms with Crippen LogP contribution in [0, 0.1) is 5.82 Å². The van der Waals surface area contributed by atoms with E-state index in [9.17, 15) is 4.39 Å². The van der Waals surface area contributed by atoms with E-state index in [2.05, 4.69) is 5.32 Å². The highest BCUT2D eigenvalue weighted by Crippen LogP contribution is 2.20. The Hall–Kier alpha value is -1.25. The molecule has 0 spiro atoms. The molecule has 0 atom stereocenters. The number of nitrogens with one attached hydrogen (secondary N) is 1. The zero-order valence-electron chi connectivity index (χ0n) is 7.23. The van der Waals surface area contributed by atoms with Crippen LogP contribution in [-0.4, -0.2) is 13.7 Å². The molecule has 1 rings (SSSR count). The van der Waals surface area contributed by atoms with Gasteiger partial charge in [0, 0.05) is 18.3 Å². The van der Waals surface area contributed by atoms with E-state index in [4.69, 9.17) is 4.74 Å². The van der Waals surface area contributed by atoms with Crippen LogP contribution in [0.25, 0.3) is 0 Å². The van der Waals surface area contributed by atoms with Crippen molar-refractivity contribution in [3.63, 3.8) is 0 Å². The number of rotatable bonds is 3. The van der Waals surface area contributed by atoms with E-state index in [1.165, 1.54) is 13.2 Å². The zero-order valence-corrected chi connectivity index (χ0v) is 7.23. The minimum Gasteiger partial charge on any atom is -0.494 e. The van der Waals surface area contributed by atoms with Crippen molar-refractivity contribution in [2.45, 2.75) is 6.92 Å². The predicted molar refractivity (Wildman–Crippen MR) is 47.1 cm³/mol. The normalized spacial score (nSPS) is 9.58. The van der Waals surface area contributed by atoms with Gasteiger partial charge in [0.15, 0.2) is 11.6 Å². The van der Waals surface area contributed by atoms with Crippen molar-refractivity contribution in [1.82, 2.24) is 0 Å². The van der Waals surface area contributed by atoms with E-state index in [1.54, 1.807) is 12.1 Å². The van der Waals surface area contributed by atoms with Gasteiger partial charge in [0.1, 0.15) is 0 Å². The quantitative estimate of drug-likeness (QED) is 0.749. The average Bonchev–Trinajstić information content (AvgIpc) is 2.05. The molecule has 0 heterocycles. The van der Waals surface area contributed by atoms with E-state index >= 15 is 0 Å². The van der Waals surface area contributed by atoms with Gasteiger partial charge in [-0.1, -0.05) is 0 Å². The maximum Gasteiger partial charge on any atom is 0.167 e. The number of hydrogen-bond donors (Lipinski definition) is 1. The summed E-state index contributed by atoms with van der Waals surface area (Å²) in [6, 6.07) is 4.81. The summed E-state index contributed by atoms with van der Waals surface area (Å²) in [6.07, 6.45) is 0. The van der Waals surface area contributed by atoms with E-state index in [-0.39, 0.29) is 11.6 Å². The summed E-state index contributed by atoms with van der Waals surface area (Å²) in [4.78, 5) is 0. The third kappa shape index (κ3) is 1.87. The van der Waals surface area contributed by atoms with Gasteiger partial charge in [0.05, 0.1) is 7.11 Å². The Morgan fingerprint density at radius 3 is 2.75 bits per heavy atom. The maximum absolute atomic E-state index is 13.0. The van der Waals surface area contributed by atoms with Crippen LogP contribution in [0.2, 0.25) is 0 Å². The summed E-state index contributed by atoms with van der Waals surface area (Å²) in [5.41, 5.74) is 0.774. The van der Waals surface area contributed by atoms with E-state index in [0.717, 1.165) is 12.2 Å². The van der Waals surface area contributed by atoms with Crippen LogP contribution in [0.4, 0.5) is 10.1 Å². The summed E-state index contributed by atoms with van der Waals surface area (Å²) in [5.74, 6) is -0.0624. The first-order chi connectivity index (χ1) is 5.77. The molecule has 1 aromatic carbocycles. The Balaban J connectivity index is 2.86. The first-order valence-electron chi connectivity index (χ1n) is 3.85. The van der Waals surface area contributed by atoms with Crippen LogP contribution < -0.4 is 10.1 Å². The van der Waals surface area contributed by atoms with Gasteiger partial charge in [-0.25, -0.2) is 4.39 Å². The average molecular weight is 169 g/mol. The van der Waals surface area contributed by atoms with Crippen molar-refractivity contribution in [1.29, 1.82) is 0 Å². The molecule has 0 saturated carbocycles. The van der Waals surface area contributed by atoms with Crippen LogP contribution in [-0.2, 0) is 0 Å². The fraction of sp³-hybridized carbons (Fsp3) is 0.333. The zero-order chi connectivity index (χ0) is 8.97. The van der Waals surface area contributed by atoms with Crippen molar-refractivity contribution in [2.24, 2.45) is 0 Å². The molecule has 0 fully saturated rings. The summed E-state index contributed by atoms with van der Waals surface area (Å²) >= 11 is 0. The van der Waals surface area contributed by atoms with Gasteiger partial charge in [-0.2, -0.15) is 0 Å². The monoisotopic (exact) mass is 169 g/mol. The molecule has 12 heavy (non-hydrogen) atoms. The lowest BCUT2D eigenvalue weighted by Gasteiger charge is -2.05. The molecular formula is C9H12FNO. The highest BCUT2D eigenvalue weighted by Gasteiger charge is 2.01. The highest BCUT2D eigenvalue weighted by atomic mass is 19.1. The Kier molecular flexibility index (Phi) is 2.91. The molecule has 0 saturated heterocycles. The molecule has 1 N–H and O–H groups in total.